The van der Waals surface area contributed by atoms with E-state index in [1.54, 1.807) is 0 Å². The van der Waals surface area contributed by atoms with Crippen molar-refractivity contribution in [3.8, 4) is 0 Å². The number of piperidine rings is 1. The molecular formula is C38H44ClN5O3. The van der Waals surface area contributed by atoms with Crippen molar-refractivity contribution in [1.82, 2.24) is 20.1 Å². The maximum absolute atomic E-state index is 14.5. The average molecular weight is 654 g/mol. The first-order chi connectivity index (χ1) is 22.8. The first-order valence-electron chi connectivity index (χ1n) is 16.7. The Labute approximate surface area is 282 Å². The summed E-state index contributed by atoms with van der Waals surface area (Å²) in [5, 5.41) is 4.86. The van der Waals surface area contributed by atoms with Crippen LogP contribution >= 0.6 is 11.6 Å². The van der Waals surface area contributed by atoms with Gasteiger partial charge in [0.1, 0.15) is 6.04 Å². The van der Waals surface area contributed by atoms with Crippen LogP contribution in [0.2, 0.25) is 5.02 Å². The molecule has 9 heteroatoms. The van der Waals surface area contributed by atoms with E-state index >= 15 is 0 Å². The molecule has 2 aliphatic heterocycles. The minimum atomic E-state index is -0.739. The Hall–Kier alpha value is -4.14. The zero-order valence-electron chi connectivity index (χ0n) is 27.3. The predicted molar refractivity (Wildman–Crippen MR) is 188 cm³/mol. The number of fused-ring (bicyclic) bond motifs is 2. The molecule has 3 amide bonds. The van der Waals surface area contributed by atoms with Crippen molar-refractivity contribution in [3.05, 3.63) is 101 Å². The lowest BCUT2D eigenvalue weighted by atomic mass is 9.90. The molecule has 246 valence electrons. The lowest BCUT2D eigenvalue weighted by Crippen LogP contribution is -2.53. The molecule has 0 aliphatic carbocycles. The summed E-state index contributed by atoms with van der Waals surface area (Å²) in [7, 11) is 4.08. The number of rotatable bonds is 10. The Morgan fingerprint density at radius 3 is 2.47 bits per heavy atom. The summed E-state index contributed by atoms with van der Waals surface area (Å²) >= 11 is 6.68. The summed E-state index contributed by atoms with van der Waals surface area (Å²) < 4.78 is 0. The van der Waals surface area contributed by atoms with E-state index in [-0.39, 0.29) is 23.6 Å². The summed E-state index contributed by atoms with van der Waals surface area (Å²) in [6.07, 6.45) is 5.90. The number of aromatic nitrogens is 1. The Balaban J connectivity index is 1.15. The summed E-state index contributed by atoms with van der Waals surface area (Å²) in [4.78, 5) is 50.2. The van der Waals surface area contributed by atoms with Crippen LogP contribution in [0.1, 0.15) is 47.2 Å². The van der Waals surface area contributed by atoms with Crippen molar-refractivity contribution in [2.24, 2.45) is 11.8 Å². The number of likely N-dealkylation sites (tertiary alicyclic amines) is 1. The van der Waals surface area contributed by atoms with E-state index in [1.165, 1.54) is 0 Å². The lowest BCUT2D eigenvalue weighted by Gasteiger charge is -2.38. The molecule has 0 radical (unpaired) electrons. The third-order valence-corrected chi connectivity index (χ3v) is 10.00. The SMILES string of the molecule is CN(C)CC1Cc2c(Cl)cccc2N(C(=O)[C@@H](Cc2c[nH]c3ccccc23)NC(=O)CCC2CCN(C(=O)c3ccccc3)CC2)C1. The van der Waals surface area contributed by atoms with Gasteiger partial charge in [0.2, 0.25) is 11.8 Å². The number of halogens is 1. The fourth-order valence-electron chi connectivity index (χ4n) is 7.26. The standard InChI is InChI=1S/C38H44ClN5O3/c1-42(2)24-27-21-31-32(39)12-8-14-35(31)44(25-27)38(47)34(22-29-23-40-33-13-7-6-11-30(29)33)41-36(45)16-15-26-17-19-43(20-18-26)37(46)28-9-4-3-5-10-28/h3-14,23,26-27,34,40H,15-22,24-25H2,1-2H3,(H,41,45)/t27?,34-/m1/s1. The summed E-state index contributed by atoms with van der Waals surface area (Å²) in [6, 6.07) is 22.4. The smallest absolute Gasteiger partial charge is 0.253 e. The van der Waals surface area contributed by atoms with Gasteiger partial charge < -0.3 is 25.0 Å². The van der Waals surface area contributed by atoms with Crippen LogP contribution in [0.15, 0.2) is 79.0 Å². The number of amides is 3. The molecule has 1 saturated heterocycles. The number of benzene rings is 3. The number of nitrogens with zero attached hydrogens (tertiary/aromatic N) is 3. The number of hydrogen-bond acceptors (Lipinski definition) is 4. The second-order valence-corrected chi connectivity index (χ2v) is 13.7. The highest BCUT2D eigenvalue weighted by molar-refractivity contribution is 6.32. The first-order valence-corrected chi connectivity index (χ1v) is 17.1. The van der Waals surface area contributed by atoms with Crippen LogP contribution < -0.4 is 10.2 Å². The van der Waals surface area contributed by atoms with Gasteiger partial charge in [-0.25, -0.2) is 0 Å². The highest BCUT2D eigenvalue weighted by Crippen LogP contribution is 2.36. The molecular weight excluding hydrogens is 610 g/mol. The van der Waals surface area contributed by atoms with E-state index in [9.17, 15) is 14.4 Å². The van der Waals surface area contributed by atoms with E-state index in [4.69, 9.17) is 11.6 Å². The monoisotopic (exact) mass is 653 g/mol. The second kappa shape index (κ2) is 14.7. The Bertz CT molecular complexity index is 1710. The highest BCUT2D eigenvalue weighted by Gasteiger charge is 2.35. The maximum Gasteiger partial charge on any atom is 0.253 e. The van der Waals surface area contributed by atoms with E-state index in [0.29, 0.717) is 49.0 Å². The number of hydrogen-bond donors (Lipinski definition) is 2. The van der Waals surface area contributed by atoms with E-state index in [1.807, 2.05) is 103 Å². The van der Waals surface area contributed by atoms with E-state index in [2.05, 4.69) is 15.2 Å². The lowest BCUT2D eigenvalue weighted by molar-refractivity contribution is -0.127. The van der Waals surface area contributed by atoms with Crippen LogP contribution in [0.25, 0.3) is 10.9 Å². The van der Waals surface area contributed by atoms with Gasteiger partial charge in [-0.05, 0) is 93.1 Å². The summed E-state index contributed by atoms with van der Waals surface area (Å²) in [6.45, 7) is 2.76. The van der Waals surface area contributed by atoms with Crippen LogP contribution in [-0.2, 0) is 22.4 Å². The quantitative estimate of drug-likeness (QED) is 0.222. The molecule has 1 aromatic heterocycles. The zero-order chi connectivity index (χ0) is 32.9. The highest BCUT2D eigenvalue weighted by atomic mass is 35.5. The van der Waals surface area contributed by atoms with Gasteiger partial charge in [0.05, 0.1) is 0 Å². The van der Waals surface area contributed by atoms with Crippen molar-refractivity contribution in [2.45, 2.75) is 44.6 Å². The van der Waals surface area contributed by atoms with Crippen LogP contribution in [0.3, 0.4) is 0 Å². The predicted octanol–water partition coefficient (Wildman–Crippen LogP) is 5.95. The van der Waals surface area contributed by atoms with E-state index in [0.717, 1.165) is 59.9 Å². The Morgan fingerprint density at radius 1 is 0.957 bits per heavy atom. The maximum atomic E-state index is 14.5. The molecule has 0 bridgehead atoms. The molecule has 1 fully saturated rings. The Kier molecular flexibility index (Phi) is 10.3. The van der Waals surface area contributed by atoms with Gasteiger partial charge in [0.15, 0.2) is 0 Å². The number of anilines is 1. The van der Waals surface area contributed by atoms with Gasteiger partial charge in [-0.1, -0.05) is 54.1 Å². The topological polar surface area (TPSA) is 88.8 Å². The van der Waals surface area contributed by atoms with Crippen molar-refractivity contribution in [2.75, 3.05) is 45.2 Å². The third-order valence-electron chi connectivity index (χ3n) is 9.64. The number of nitrogens with one attached hydrogen (secondary N) is 2. The molecule has 2 atom stereocenters. The second-order valence-electron chi connectivity index (χ2n) is 13.3. The number of aromatic amines is 1. The zero-order valence-corrected chi connectivity index (χ0v) is 28.0. The van der Waals surface area contributed by atoms with Crippen molar-refractivity contribution in [1.29, 1.82) is 0 Å². The fourth-order valence-corrected chi connectivity index (χ4v) is 7.50. The number of carbonyl (C=O) groups is 3. The molecule has 4 aromatic rings. The molecule has 0 saturated carbocycles. The fraction of sp³-hybridized carbons (Fsp3) is 0.395. The molecule has 2 aliphatic rings. The van der Waals surface area contributed by atoms with Gasteiger partial charge in [0.25, 0.3) is 5.91 Å². The number of H-pyrrole nitrogens is 1. The normalized spacial score (nSPS) is 17.5. The molecule has 3 aromatic carbocycles. The van der Waals surface area contributed by atoms with Crippen molar-refractivity contribution < 1.29 is 14.4 Å². The molecule has 0 spiro atoms. The minimum Gasteiger partial charge on any atom is -0.361 e. The molecule has 1 unspecified atom stereocenters. The van der Waals surface area contributed by atoms with Gasteiger partial charge in [-0.15, -0.1) is 0 Å². The number of para-hydroxylation sites is 1. The number of carbonyl (C=O) groups excluding carboxylic acids is 3. The molecule has 2 N–H and O–H groups in total. The van der Waals surface area contributed by atoms with Gasteiger partial charge in [-0.3, -0.25) is 14.4 Å². The van der Waals surface area contributed by atoms with E-state index < -0.39 is 6.04 Å². The van der Waals surface area contributed by atoms with Gasteiger partial charge >= 0.3 is 0 Å². The average Bonchev–Trinajstić information content (AvgIpc) is 3.49. The van der Waals surface area contributed by atoms with Crippen molar-refractivity contribution in [3.63, 3.8) is 0 Å². The van der Waals surface area contributed by atoms with Gasteiger partial charge in [-0.2, -0.15) is 0 Å². The summed E-state index contributed by atoms with van der Waals surface area (Å²) in [5.41, 5.74) is 4.51. The van der Waals surface area contributed by atoms with Crippen LogP contribution in [-0.4, -0.2) is 78.8 Å². The summed E-state index contributed by atoms with van der Waals surface area (Å²) in [5.74, 6) is 0.382. The van der Waals surface area contributed by atoms with Crippen molar-refractivity contribution >= 4 is 45.9 Å². The van der Waals surface area contributed by atoms with Crippen LogP contribution in [0, 0.1) is 11.8 Å². The van der Waals surface area contributed by atoms with Crippen LogP contribution in [0.5, 0.6) is 0 Å². The minimum absolute atomic E-state index is 0.0637. The first kappa shape index (κ1) is 32.8. The molecule has 3 heterocycles. The largest absolute Gasteiger partial charge is 0.361 e. The van der Waals surface area contributed by atoms with Gasteiger partial charge in [0, 0.05) is 72.4 Å². The Morgan fingerprint density at radius 2 is 1.70 bits per heavy atom. The molecule has 8 nitrogen and oxygen atoms in total. The molecule has 47 heavy (non-hydrogen) atoms. The molecule has 6 rings (SSSR count). The third kappa shape index (κ3) is 7.71. The van der Waals surface area contributed by atoms with Crippen LogP contribution in [0.4, 0.5) is 5.69 Å².